The Labute approximate surface area is 158 Å². The summed E-state index contributed by atoms with van der Waals surface area (Å²) in [5.74, 6) is 0.954. The van der Waals surface area contributed by atoms with Crippen LogP contribution in [-0.2, 0) is 16.1 Å². The minimum atomic E-state index is -0.155. The van der Waals surface area contributed by atoms with Gasteiger partial charge in [-0.2, -0.15) is 5.10 Å². The predicted octanol–water partition coefficient (Wildman–Crippen LogP) is 3.10. The van der Waals surface area contributed by atoms with E-state index in [1.807, 2.05) is 24.3 Å². The van der Waals surface area contributed by atoms with Gasteiger partial charge in [0, 0.05) is 29.6 Å². The van der Waals surface area contributed by atoms with E-state index in [9.17, 15) is 9.59 Å². The van der Waals surface area contributed by atoms with Gasteiger partial charge in [-0.05, 0) is 24.5 Å². The van der Waals surface area contributed by atoms with Crippen LogP contribution >= 0.6 is 11.6 Å². The average Bonchev–Trinajstić information content (AvgIpc) is 3.02. The molecule has 1 N–H and O–H groups in total. The van der Waals surface area contributed by atoms with Crippen LogP contribution in [0, 0.1) is 5.92 Å². The molecular formula is C19H23ClN4O2. The Hall–Kier alpha value is -2.34. The van der Waals surface area contributed by atoms with Gasteiger partial charge in [0.05, 0.1) is 12.2 Å². The zero-order chi connectivity index (χ0) is 18.7. The first kappa shape index (κ1) is 18.5. The van der Waals surface area contributed by atoms with Crippen LogP contribution in [0.15, 0.2) is 30.3 Å². The Morgan fingerprint density at radius 1 is 1.35 bits per heavy atom. The van der Waals surface area contributed by atoms with Crippen molar-refractivity contribution in [2.45, 2.75) is 33.2 Å². The second kappa shape index (κ2) is 7.91. The molecule has 0 fully saturated rings. The number of aromatic nitrogens is 2. The van der Waals surface area contributed by atoms with Crippen molar-refractivity contribution in [3.8, 4) is 11.3 Å². The van der Waals surface area contributed by atoms with Gasteiger partial charge < -0.3 is 5.32 Å². The van der Waals surface area contributed by atoms with E-state index in [0.29, 0.717) is 36.3 Å². The van der Waals surface area contributed by atoms with E-state index in [4.69, 9.17) is 11.6 Å². The van der Waals surface area contributed by atoms with Crippen LogP contribution in [0.3, 0.4) is 0 Å². The van der Waals surface area contributed by atoms with Crippen LogP contribution < -0.4 is 10.2 Å². The number of benzene rings is 1. The van der Waals surface area contributed by atoms with Crippen LogP contribution in [0.2, 0.25) is 5.02 Å². The zero-order valence-electron chi connectivity index (χ0n) is 15.0. The van der Waals surface area contributed by atoms with Gasteiger partial charge in [0.25, 0.3) is 0 Å². The quantitative estimate of drug-likeness (QED) is 0.844. The molecule has 0 atom stereocenters. The molecule has 1 aromatic carbocycles. The van der Waals surface area contributed by atoms with Crippen molar-refractivity contribution in [2.24, 2.45) is 5.92 Å². The van der Waals surface area contributed by atoms with Crippen LogP contribution in [-0.4, -0.2) is 34.7 Å². The van der Waals surface area contributed by atoms with E-state index in [0.717, 1.165) is 17.7 Å². The summed E-state index contributed by atoms with van der Waals surface area (Å²) in [6.45, 7) is 5.36. The number of fused-ring (bicyclic) bond motifs is 1. The number of carbonyl (C=O) groups is 2. The van der Waals surface area contributed by atoms with Crippen molar-refractivity contribution in [3.05, 3.63) is 35.4 Å². The van der Waals surface area contributed by atoms with Crippen molar-refractivity contribution >= 4 is 29.2 Å². The minimum absolute atomic E-state index is 0.0115. The van der Waals surface area contributed by atoms with Gasteiger partial charge in [-0.3, -0.25) is 14.5 Å². The smallest absolute Gasteiger partial charge is 0.240 e. The minimum Gasteiger partial charge on any atom is -0.355 e. The number of nitrogens with one attached hydrogen (secondary N) is 1. The predicted molar refractivity (Wildman–Crippen MR) is 102 cm³/mol. The summed E-state index contributed by atoms with van der Waals surface area (Å²) in [5, 5.41) is 8.08. The molecule has 7 heteroatoms. The van der Waals surface area contributed by atoms with Crippen LogP contribution in [0.4, 0.5) is 5.82 Å². The lowest BCUT2D eigenvalue weighted by molar-refractivity contribution is -0.124. The number of nitrogens with zero attached hydrogens (tertiary/aromatic N) is 3. The maximum atomic E-state index is 12.4. The second-order valence-corrected chi connectivity index (χ2v) is 7.32. The number of aryl methyl sites for hydroxylation is 1. The third-order valence-corrected chi connectivity index (χ3v) is 4.57. The first-order chi connectivity index (χ1) is 12.4. The number of amides is 2. The summed E-state index contributed by atoms with van der Waals surface area (Å²) in [5.41, 5.74) is 1.62. The largest absolute Gasteiger partial charge is 0.355 e. The molecule has 0 saturated heterocycles. The highest BCUT2D eigenvalue weighted by atomic mass is 35.5. The molecule has 0 radical (unpaired) electrons. The summed E-state index contributed by atoms with van der Waals surface area (Å²) in [6, 6.07) is 9.26. The fourth-order valence-corrected chi connectivity index (χ4v) is 3.10. The topological polar surface area (TPSA) is 67.2 Å². The molecule has 0 spiro atoms. The number of anilines is 1. The molecule has 0 saturated carbocycles. The molecular weight excluding hydrogens is 352 g/mol. The Morgan fingerprint density at radius 2 is 2.15 bits per heavy atom. The summed E-state index contributed by atoms with van der Waals surface area (Å²) < 4.78 is 1.78. The number of hydrogen-bond acceptors (Lipinski definition) is 3. The summed E-state index contributed by atoms with van der Waals surface area (Å²) in [7, 11) is 0. The lowest BCUT2D eigenvalue weighted by Gasteiger charge is -2.26. The van der Waals surface area contributed by atoms with E-state index < -0.39 is 0 Å². The van der Waals surface area contributed by atoms with Crippen molar-refractivity contribution < 1.29 is 9.59 Å². The normalized spacial score (nSPS) is 13.8. The number of hydrogen-bond donors (Lipinski definition) is 1. The molecule has 0 aliphatic carbocycles. The molecule has 3 rings (SSSR count). The molecule has 138 valence electrons. The van der Waals surface area contributed by atoms with Crippen molar-refractivity contribution in [1.29, 1.82) is 0 Å². The molecule has 1 aliphatic rings. The Kier molecular flexibility index (Phi) is 5.61. The van der Waals surface area contributed by atoms with Gasteiger partial charge >= 0.3 is 0 Å². The van der Waals surface area contributed by atoms with E-state index in [2.05, 4.69) is 24.3 Å². The summed E-state index contributed by atoms with van der Waals surface area (Å²) in [4.78, 5) is 26.1. The maximum Gasteiger partial charge on any atom is 0.240 e. The molecule has 2 amide bonds. The summed E-state index contributed by atoms with van der Waals surface area (Å²) >= 11 is 6.06. The van der Waals surface area contributed by atoms with E-state index >= 15 is 0 Å². The third-order valence-electron chi connectivity index (χ3n) is 4.34. The highest BCUT2D eigenvalue weighted by Crippen LogP contribution is 2.29. The Balaban J connectivity index is 1.77. The average molecular weight is 375 g/mol. The molecule has 26 heavy (non-hydrogen) atoms. The first-order valence-corrected chi connectivity index (χ1v) is 9.22. The highest BCUT2D eigenvalue weighted by Gasteiger charge is 2.28. The van der Waals surface area contributed by atoms with Crippen LogP contribution in [0.1, 0.15) is 26.7 Å². The van der Waals surface area contributed by atoms with Crippen LogP contribution in [0.5, 0.6) is 0 Å². The lowest BCUT2D eigenvalue weighted by Crippen LogP contribution is -2.44. The van der Waals surface area contributed by atoms with E-state index in [1.54, 1.807) is 10.7 Å². The molecule has 6 nitrogen and oxygen atoms in total. The monoisotopic (exact) mass is 374 g/mol. The maximum absolute atomic E-state index is 12.4. The Bertz CT molecular complexity index is 816. The van der Waals surface area contributed by atoms with Gasteiger partial charge in [-0.1, -0.05) is 37.6 Å². The first-order valence-electron chi connectivity index (χ1n) is 8.85. The van der Waals surface area contributed by atoms with Gasteiger partial charge in [0.1, 0.15) is 12.4 Å². The number of carbonyl (C=O) groups excluding carboxylic acids is 2. The third kappa shape index (κ3) is 4.25. The van der Waals surface area contributed by atoms with Crippen molar-refractivity contribution in [2.75, 3.05) is 18.0 Å². The van der Waals surface area contributed by atoms with Crippen molar-refractivity contribution in [3.63, 3.8) is 0 Å². The standard InChI is InChI=1S/C19H23ClN4O2/c1-13(2)6-8-21-17(25)12-23-18-11-16(14-4-3-5-15(20)10-14)22-24(18)9-7-19(23)26/h3-5,10-11,13H,6-9,12H2,1-2H3,(H,21,25). The molecule has 0 unspecified atom stereocenters. The molecule has 2 heterocycles. The fourth-order valence-electron chi connectivity index (χ4n) is 2.91. The van der Waals surface area contributed by atoms with Gasteiger partial charge in [0.2, 0.25) is 11.8 Å². The Morgan fingerprint density at radius 3 is 2.88 bits per heavy atom. The zero-order valence-corrected chi connectivity index (χ0v) is 15.8. The molecule has 2 aromatic rings. The fraction of sp³-hybridized carbons (Fsp3) is 0.421. The van der Waals surface area contributed by atoms with Gasteiger partial charge in [-0.15, -0.1) is 0 Å². The van der Waals surface area contributed by atoms with Gasteiger partial charge in [-0.25, -0.2) is 4.68 Å². The van der Waals surface area contributed by atoms with Gasteiger partial charge in [0.15, 0.2) is 0 Å². The SMILES string of the molecule is CC(C)CCNC(=O)CN1C(=O)CCn2nc(-c3cccc(Cl)c3)cc21. The molecule has 1 aromatic heterocycles. The number of rotatable bonds is 6. The van der Waals surface area contributed by atoms with Crippen molar-refractivity contribution in [1.82, 2.24) is 15.1 Å². The van der Waals surface area contributed by atoms with E-state index in [-0.39, 0.29) is 18.4 Å². The lowest BCUT2D eigenvalue weighted by atomic mass is 10.1. The number of halogens is 1. The highest BCUT2D eigenvalue weighted by molar-refractivity contribution is 6.30. The van der Waals surface area contributed by atoms with Crippen LogP contribution in [0.25, 0.3) is 11.3 Å². The second-order valence-electron chi connectivity index (χ2n) is 6.88. The molecule has 1 aliphatic heterocycles. The molecule has 0 bridgehead atoms. The summed E-state index contributed by atoms with van der Waals surface area (Å²) in [6.07, 6.45) is 1.25. The van der Waals surface area contributed by atoms with E-state index in [1.165, 1.54) is 4.90 Å².